The molecule has 3 saturated heterocycles. The first-order valence-electron chi connectivity index (χ1n) is 17.4. The summed E-state index contributed by atoms with van der Waals surface area (Å²) < 4.78 is 22.9. The molecular weight excluding hydrogens is 596 g/mol. The highest BCUT2D eigenvalue weighted by atomic mass is 16.6. The van der Waals surface area contributed by atoms with E-state index in [0.717, 1.165) is 19.3 Å². The van der Waals surface area contributed by atoms with Crippen molar-refractivity contribution in [3.05, 3.63) is 0 Å². The number of carbonyl (C=O) groups is 5. The zero-order valence-corrected chi connectivity index (χ0v) is 27.3. The maximum Gasteiger partial charge on any atom is 0.317 e. The van der Waals surface area contributed by atoms with Gasteiger partial charge in [0.25, 0.3) is 0 Å². The van der Waals surface area contributed by atoms with Gasteiger partial charge >= 0.3 is 29.8 Å². The van der Waals surface area contributed by atoms with Crippen LogP contribution in [0.15, 0.2) is 0 Å². The Bertz CT molecular complexity index is 1300. The Balaban J connectivity index is 1.26. The van der Waals surface area contributed by atoms with Crippen molar-refractivity contribution in [1.82, 2.24) is 0 Å². The zero-order valence-electron chi connectivity index (χ0n) is 27.3. The maximum absolute atomic E-state index is 13.9. The number of esters is 4. The first-order valence-corrected chi connectivity index (χ1v) is 17.4. The van der Waals surface area contributed by atoms with Gasteiger partial charge in [0.05, 0.1) is 48.4 Å². The zero-order chi connectivity index (χ0) is 33.0. The fourth-order valence-electron chi connectivity index (χ4n) is 12.2. The van der Waals surface area contributed by atoms with Gasteiger partial charge in [0.15, 0.2) is 0 Å². The van der Waals surface area contributed by atoms with E-state index in [4.69, 9.17) is 18.9 Å². The number of aliphatic hydroxyl groups excluding tert-OH is 1. The van der Waals surface area contributed by atoms with E-state index in [1.54, 1.807) is 0 Å². The summed E-state index contributed by atoms with van der Waals surface area (Å²) in [5.74, 6) is -7.10. The summed E-state index contributed by atoms with van der Waals surface area (Å²) in [4.78, 5) is 66.9. The van der Waals surface area contributed by atoms with Crippen LogP contribution in [0.1, 0.15) is 66.7 Å². The number of ether oxygens (including phenoxy) is 4. The SMILES string of the molecule is CC1C2CCC(C2)C1C1C(=O)OC(=O)C1C1C2CC(CC2C(=O)OC(C)(C)C)C1C1C(C)C2OC1C(C(=O)O)C2C(=O)OCCO. The van der Waals surface area contributed by atoms with Gasteiger partial charge < -0.3 is 29.2 Å². The van der Waals surface area contributed by atoms with Crippen molar-refractivity contribution in [2.75, 3.05) is 13.2 Å². The Morgan fingerprint density at radius 2 is 1.48 bits per heavy atom. The lowest BCUT2D eigenvalue weighted by Gasteiger charge is -2.47. The number of carboxylic acid groups (broad SMARTS) is 1. The summed E-state index contributed by atoms with van der Waals surface area (Å²) in [6, 6.07) is 0. The monoisotopic (exact) mass is 644 g/mol. The van der Waals surface area contributed by atoms with Gasteiger partial charge in [-0.2, -0.15) is 0 Å². The average molecular weight is 645 g/mol. The van der Waals surface area contributed by atoms with Crippen molar-refractivity contribution >= 4 is 29.8 Å². The van der Waals surface area contributed by atoms with E-state index in [-0.39, 0.29) is 66.5 Å². The van der Waals surface area contributed by atoms with Crippen LogP contribution in [0.2, 0.25) is 0 Å². The molecule has 254 valence electrons. The van der Waals surface area contributed by atoms with Gasteiger partial charge in [-0.05, 0) is 112 Å². The molecule has 3 aliphatic heterocycles. The predicted octanol–water partition coefficient (Wildman–Crippen LogP) is 3.10. The van der Waals surface area contributed by atoms with Crippen LogP contribution in [0, 0.1) is 88.8 Å². The first kappa shape index (κ1) is 32.0. The number of carbonyl (C=O) groups excluding carboxylic acids is 4. The van der Waals surface area contributed by atoms with Crippen molar-refractivity contribution in [1.29, 1.82) is 0 Å². The molecule has 11 heteroatoms. The summed E-state index contributed by atoms with van der Waals surface area (Å²) in [6.07, 6.45) is 2.99. The van der Waals surface area contributed by atoms with Crippen LogP contribution in [0.25, 0.3) is 0 Å². The van der Waals surface area contributed by atoms with Crippen LogP contribution in [-0.2, 0) is 42.9 Å². The van der Waals surface area contributed by atoms with Gasteiger partial charge in [-0.15, -0.1) is 0 Å². The minimum absolute atomic E-state index is 0.00115. The van der Waals surface area contributed by atoms with Crippen LogP contribution in [0.4, 0.5) is 0 Å². The minimum Gasteiger partial charge on any atom is -0.481 e. The van der Waals surface area contributed by atoms with Crippen LogP contribution < -0.4 is 0 Å². The van der Waals surface area contributed by atoms with Gasteiger partial charge in [-0.25, -0.2) is 0 Å². The fourth-order valence-corrected chi connectivity index (χ4v) is 12.2. The van der Waals surface area contributed by atoms with Crippen molar-refractivity contribution in [2.24, 2.45) is 88.8 Å². The van der Waals surface area contributed by atoms with Crippen molar-refractivity contribution in [3.63, 3.8) is 0 Å². The summed E-state index contributed by atoms with van der Waals surface area (Å²) in [7, 11) is 0. The van der Waals surface area contributed by atoms with Crippen LogP contribution in [0.3, 0.4) is 0 Å². The highest BCUT2D eigenvalue weighted by Crippen LogP contribution is 2.68. The average Bonchev–Trinajstić information content (AvgIpc) is 3.82. The van der Waals surface area contributed by atoms with Gasteiger partial charge in [0, 0.05) is 0 Å². The molecule has 17 atom stereocenters. The number of aliphatic hydroxyl groups is 1. The molecule has 11 nitrogen and oxygen atoms in total. The molecule has 4 saturated carbocycles. The molecule has 46 heavy (non-hydrogen) atoms. The molecule has 0 aromatic rings. The highest BCUT2D eigenvalue weighted by Gasteiger charge is 2.72. The summed E-state index contributed by atoms with van der Waals surface area (Å²) in [5.41, 5.74) is -0.682. The van der Waals surface area contributed by atoms with Gasteiger partial charge in [-0.3, -0.25) is 24.0 Å². The number of hydrogen-bond acceptors (Lipinski definition) is 10. The van der Waals surface area contributed by atoms with E-state index in [1.807, 2.05) is 27.7 Å². The number of fused-ring (bicyclic) bond motifs is 6. The number of cyclic esters (lactones) is 2. The maximum atomic E-state index is 13.9. The Kier molecular flexibility index (Phi) is 7.86. The second kappa shape index (κ2) is 11.3. The third-order valence-corrected chi connectivity index (χ3v) is 13.5. The fraction of sp³-hybridized carbons (Fsp3) is 0.857. The lowest BCUT2D eigenvalue weighted by Crippen LogP contribution is -2.53. The van der Waals surface area contributed by atoms with Gasteiger partial charge in [-0.1, -0.05) is 13.8 Å². The number of carboxylic acids is 1. The molecule has 6 bridgehead atoms. The molecule has 7 fully saturated rings. The third kappa shape index (κ3) is 4.76. The van der Waals surface area contributed by atoms with Crippen LogP contribution in [-0.4, -0.2) is 71.1 Å². The van der Waals surface area contributed by atoms with Crippen molar-refractivity contribution in [3.8, 4) is 0 Å². The van der Waals surface area contributed by atoms with E-state index in [1.165, 1.54) is 0 Å². The molecule has 17 unspecified atom stereocenters. The lowest BCUT2D eigenvalue weighted by atomic mass is 9.54. The lowest BCUT2D eigenvalue weighted by molar-refractivity contribution is -0.167. The largest absolute Gasteiger partial charge is 0.481 e. The van der Waals surface area contributed by atoms with E-state index in [2.05, 4.69) is 6.92 Å². The van der Waals surface area contributed by atoms with Crippen molar-refractivity contribution < 1.29 is 53.1 Å². The summed E-state index contributed by atoms with van der Waals surface area (Å²) in [6.45, 7) is 9.08. The molecule has 0 radical (unpaired) electrons. The topological polar surface area (TPSA) is 163 Å². The Morgan fingerprint density at radius 1 is 0.804 bits per heavy atom. The quantitative estimate of drug-likeness (QED) is 0.227. The molecule has 0 spiro atoms. The van der Waals surface area contributed by atoms with Gasteiger partial charge in [0.2, 0.25) is 0 Å². The molecular formula is C35H48O11. The molecule has 2 N–H and O–H groups in total. The first-order chi connectivity index (χ1) is 21.7. The Morgan fingerprint density at radius 3 is 2.09 bits per heavy atom. The minimum atomic E-state index is -1.15. The normalized spacial score (nSPS) is 48.7. The van der Waals surface area contributed by atoms with E-state index in [9.17, 15) is 34.2 Å². The summed E-state index contributed by atoms with van der Waals surface area (Å²) >= 11 is 0. The second-order valence-corrected chi connectivity index (χ2v) is 16.5. The molecule has 7 rings (SSSR count). The number of hydrogen-bond donors (Lipinski definition) is 2. The molecule has 0 aromatic heterocycles. The molecule has 3 heterocycles. The summed E-state index contributed by atoms with van der Waals surface area (Å²) in [5, 5.41) is 19.6. The molecule has 7 aliphatic rings. The van der Waals surface area contributed by atoms with Gasteiger partial charge in [0.1, 0.15) is 12.2 Å². The van der Waals surface area contributed by atoms with Crippen LogP contribution >= 0.6 is 0 Å². The third-order valence-electron chi connectivity index (χ3n) is 13.5. The second-order valence-electron chi connectivity index (χ2n) is 16.5. The van der Waals surface area contributed by atoms with E-state index >= 15 is 0 Å². The Labute approximate surface area is 269 Å². The van der Waals surface area contributed by atoms with Crippen LogP contribution in [0.5, 0.6) is 0 Å². The van der Waals surface area contributed by atoms with Crippen molar-refractivity contribution in [2.45, 2.75) is 84.5 Å². The predicted molar refractivity (Wildman–Crippen MR) is 158 cm³/mol. The number of aliphatic carboxylic acids is 1. The standard InChI is InChI=1S/C35H48O11/c1-13-15-6-7-16(10-15)20(13)24-25(34(42)45-33(24)41)23-18-11-17(12-19(18)31(39)46-35(3,4)5)22(23)21-14(2)28-27(32(40)43-9-8-36)26(30(37)38)29(21)44-28/h13-29,36H,6-12H2,1-5H3,(H,37,38). The highest BCUT2D eigenvalue weighted by molar-refractivity contribution is 5.97. The van der Waals surface area contributed by atoms with E-state index in [0.29, 0.717) is 24.7 Å². The molecule has 4 aliphatic carbocycles. The smallest absolute Gasteiger partial charge is 0.317 e. The van der Waals surface area contributed by atoms with E-state index < -0.39 is 71.3 Å². The molecule has 0 aromatic carbocycles. The molecule has 0 amide bonds. The Hall–Kier alpha value is -2.53. The number of rotatable bonds is 8.